The van der Waals surface area contributed by atoms with Gasteiger partial charge in [0.15, 0.2) is 0 Å². The van der Waals surface area contributed by atoms with Gasteiger partial charge in [-0.25, -0.2) is 0 Å². The Morgan fingerprint density at radius 1 is 1.15 bits per heavy atom. The molecule has 1 aliphatic carbocycles. The average molecular weight is 513 g/mol. The maximum Gasteiger partial charge on any atom is 0.119 e. The van der Waals surface area contributed by atoms with E-state index in [-0.39, 0.29) is 17.0 Å². The van der Waals surface area contributed by atoms with Crippen molar-refractivity contribution >= 4 is 23.5 Å². The molecule has 1 heterocycles. The topological polar surface area (TPSA) is 47.9 Å². The Balaban J connectivity index is 0.000000300. The van der Waals surface area contributed by atoms with E-state index >= 15 is 0 Å². The van der Waals surface area contributed by atoms with Gasteiger partial charge < -0.3 is 19.3 Å². The van der Waals surface area contributed by atoms with Crippen LogP contribution in [0.2, 0.25) is 0 Å². The number of benzene rings is 1. The van der Waals surface area contributed by atoms with E-state index in [1.807, 2.05) is 38.1 Å². The van der Waals surface area contributed by atoms with E-state index < -0.39 is 0 Å². The summed E-state index contributed by atoms with van der Waals surface area (Å²) in [7, 11) is 0. The molecule has 1 saturated heterocycles. The van der Waals surface area contributed by atoms with E-state index in [1.54, 1.807) is 36.5 Å². The number of rotatable bonds is 10. The maximum atomic E-state index is 8.52. The van der Waals surface area contributed by atoms with Crippen LogP contribution < -0.4 is 4.74 Å². The molecule has 0 bridgehead atoms. The molecule has 0 spiro atoms. The lowest BCUT2D eigenvalue weighted by Crippen LogP contribution is -2.23. The molecular formula is C28H48O4S2. The Bertz CT molecular complexity index is 642. The number of aliphatic hydroxyl groups is 1. The molecule has 0 amide bonds. The van der Waals surface area contributed by atoms with Crippen LogP contribution in [0.1, 0.15) is 66.4 Å². The minimum atomic E-state index is -0.185. The van der Waals surface area contributed by atoms with Crippen molar-refractivity contribution in [3.8, 4) is 5.75 Å². The van der Waals surface area contributed by atoms with Gasteiger partial charge in [-0.3, -0.25) is 0 Å². The molecule has 34 heavy (non-hydrogen) atoms. The van der Waals surface area contributed by atoms with Gasteiger partial charge >= 0.3 is 0 Å². The molecule has 1 saturated carbocycles. The summed E-state index contributed by atoms with van der Waals surface area (Å²) in [6, 6.07) is 8.01. The summed E-state index contributed by atoms with van der Waals surface area (Å²) in [5, 5.41) is 8.52. The Morgan fingerprint density at radius 2 is 1.85 bits per heavy atom. The number of hydrogen-bond acceptors (Lipinski definition) is 6. The van der Waals surface area contributed by atoms with Crippen molar-refractivity contribution in [2.45, 2.75) is 96.9 Å². The summed E-state index contributed by atoms with van der Waals surface area (Å²) in [5.74, 6) is 4.75. The van der Waals surface area contributed by atoms with Crippen LogP contribution >= 0.6 is 23.5 Å². The van der Waals surface area contributed by atoms with Crippen LogP contribution in [-0.2, 0) is 9.47 Å². The first-order valence-electron chi connectivity index (χ1n) is 12.7. The third-order valence-electron chi connectivity index (χ3n) is 5.75. The number of ether oxygens (including phenoxy) is 3. The Hall–Kier alpha value is -0.660. The molecule has 0 radical (unpaired) electrons. The highest BCUT2D eigenvalue weighted by atomic mass is 32.2. The van der Waals surface area contributed by atoms with Crippen LogP contribution in [0.4, 0.5) is 0 Å². The summed E-state index contributed by atoms with van der Waals surface area (Å²) in [4.78, 5) is 0. The van der Waals surface area contributed by atoms with E-state index in [0.717, 1.165) is 29.1 Å². The van der Waals surface area contributed by atoms with Gasteiger partial charge in [0.2, 0.25) is 0 Å². The third-order valence-corrected chi connectivity index (χ3v) is 7.48. The highest BCUT2D eigenvalue weighted by Gasteiger charge is 2.39. The molecule has 2 aliphatic rings. The fourth-order valence-electron chi connectivity index (χ4n) is 4.36. The lowest BCUT2D eigenvalue weighted by atomic mass is 10.0. The Morgan fingerprint density at radius 3 is 2.38 bits per heavy atom. The van der Waals surface area contributed by atoms with Crippen molar-refractivity contribution < 1.29 is 19.3 Å². The standard InChI is InChI=1S/C15H22O2S.C9H16O.C4H10OS/c1-5-14(17-13(4)18-6-2)11-16-15-9-7-8-12(3)10-15;1-6-3-8-5-7(2)10-9(8)4-6;1-3-6-4(2)5/h5,7-10,13-14H,1,6,11H2,2-4H3;6-9H,3-5H2,1-2H3;4-5H,3H2,1-2H3. The quantitative estimate of drug-likeness (QED) is 0.262. The first kappa shape index (κ1) is 31.4. The van der Waals surface area contributed by atoms with E-state index in [2.05, 4.69) is 34.3 Å². The normalized spacial score (nSPS) is 25.6. The molecular weight excluding hydrogens is 464 g/mol. The van der Waals surface area contributed by atoms with E-state index in [0.29, 0.717) is 18.8 Å². The van der Waals surface area contributed by atoms with Gasteiger partial charge in [0.25, 0.3) is 0 Å². The van der Waals surface area contributed by atoms with Crippen LogP contribution in [-0.4, -0.2) is 52.4 Å². The van der Waals surface area contributed by atoms with Gasteiger partial charge in [0.1, 0.15) is 23.9 Å². The van der Waals surface area contributed by atoms with Crippen LogP contribution in [0.3, 0.4) is 0 Å². The van der Waals surface area contributed by atoms with Gasteiger partial charge in [0, 0.05) is 0 Å². The number of aryl methyl sites for hydroxylation is 1. The average Bonchev–Trinajstić information content (AvgIpc) is 3.27. The second-order valence-electron chi connectivity index (χ2n) is 9.17. The van der Waals surface area contributed by atoms with Gasteiger partial charge in [-0.1, -0.05) is 39.0 Å². The summed E-state index contributed by atoms with van der Waals surface area (Å²) < 4.78 is 17.3. The highest BCUT2D eigenvalue weighted by Crippen LogP contribution is 2.41. The van der Waals surface area contributed by atoms with E-state index in [4.69, 9.17) is 19.3 Å². The molecule has 4 nitrogen and oxygen atoms in total. The predicted molar refractivity (Wildman–Crippen MR) is 150 cm³/mol. The lowest BCUT2D eigenvalue weighted by molar-refractivity contribution is 0.0424. The summed E-state index contributed by atoms with van der Waals surface area (Å²) in [6.07, 6.45) is 6.94. The zero-order chi connectivity index (χ0) is 25.5. The number of hydrogen-bond donors (Lipinski definition) is 1. The number of thioether (sulfide) groups is 2. The highest BCUT2D eigenvalue weighted by molar-refractivity contribution is 7.99. The second-order valence-corrected chi connectivity index (χ2v) is 12.3. The summed E-state index contributed by atoms with van der Waals surface area (Å²) >= 11 is 3.32. The summed E-state index contributed by atoms with van der Waals surface area (Å²) in [6.45, 7) is 18.9. The van der Waals surface area contributed by atoms with Crippen molar-refractivity contribution in [2.24, 2.45) is 11.8 Å². The van der Waals surface area contributed by atoms with Gasteiger partial charge in [0.05, 0.1) is 17.6 Å². The van der Waals surface area contributed by atoms with Crippen molar-refractivity contribution in [1.82, 2.24) is 0 Å². The molecule has 1 N–H and O–H groups in total. The monoisotopic (exact) mass is 512 g/mol. The molecule has 6 heteroatoms. The number of aliphatic hydroxyl groups excluding tert-OH is 1. The van der Waals surface area contributed by atoms with Crippen molar-refractivity contribution in [3.63, 3.8) is 0 Å². The minimum Gasteiger partial charge on any atom is -0.491 e. The van der Waals surface area contributed by atoms with E-state index in [1.165, 1.54) is 24.8 Å². The van der Waals surface area contributed by atoms with Crippen molar-refractivity contribution in [2.75, 3.05) is 18.1 Å². The first-order chi connectivity index (χ1) is 16.2. The molecule has 0 aromatic heterocycles. The van der Waals surface area contributed by atoms with Gasteiger partial charge in [-0.2, -0.15) is 0 Å². The molecule has 7 unspecified atom stereocenters. The zero-order valence-electron chi connectivity index (χ0n) is 22.4. The Kier molecular flexibility index (Phi) is 16.3. The largest absolute Gasteiger partial charge is 0.491 e. The predicted octanol–water partition coefficient (Wildman–Crippen LogP) is 7.33. The molecule has 7 atom stereocenters. The first-order valence-corrected chi connectivity index (χ1v) is 14.8. The fraction of sp³-hybridized carbons (Fsp3) is 0.714. The van der Waals surface area contributed by atoms with Crippen molar-refractivity contribution in [3.05, 3.63) is 42.5 Å². The SMILES string of the molecule is C=CC(COc1cccc(C)c1)OC(C)SCC.CC1CC2CC(C)OC2C1.CCSC(C)O. The van der Waals surface area contributed by atoms with Crippen LogP contribution in [0.25, 0.3) is 0 Å². The maximum absolute atomic E-state index is 8.52. The van der Waals surface area contributed by atoms with E-state index in [9.17, 15) is 0 Å². The fourth-order valence-corrected chi connectivity index (χ4v) is 5.53. The zero-order valence-corrected chi connectivity index (χ0v) is 24.0. The third kappa shape index (κ3) is 13.4. The van der Waals surface area contributed by atoms with Gasteiger partial charge in [-0.05, 0) is 88.0 Å². The molecule has 1 aromatic carbocycles. The molecule has 2 fully saturated rings. The Labute approximate surface area is 217 Å². The lowest BCUT2D eigenvalue weighted by Gasteiger charge is -2.19. The van der Waals surface area contributed by atoms with Gasteiger partial charge in [-0.15, -0.1) is 30.1 Å². The minimum absolute atomic E-state index is 0.0698. The molecule has 3 rings (SSSR count). The molecule has 1 aromatic rings. The van der Waals surface area contributed by atoms with Crippen LogP contribution in [0, 0.1) is 18.8 Å². The summed E-state index contributed by atoms with van der Waals surface area (Å²) in [5.41, 5.74) is 1.17. The van der Waals surface area contributed by atoms with Crippen LogP contribution in [0.5, 0.6) is 5.75 Å². The molecule has 1 aliphatic heterocycles. The second kappa shape index (κ2) is 17.7. The van der Waals surface area contributed by atoms with Crippen molar-refractivity contribution in [1.29, 1.82) is 0 Å². The van der Waals surface area contributed by atoms with Crippen LogP contribution in [0.15, 0.2) is 36.9 Å². The number of fused-ring (bicyclic) bond motifs is 1. The smallest absolute Gasteiger partial charge is 0.119 e. The molecule has 196 valence electrons.